The van der Waals surface area contributed by atoms with Gasteiger partial charge in [0, 0.05) is 76.5 Å². The van der Waals surface area contributed by atoms with Crippen molar-refractivity contribution in [3.63, 3.8) is 0 Å². The number of furan rings is 3. The van der Waals surface area contributed by atoms with Crippen molar-refractivity contribution >= 4 is 76.6 Å². The summed E-state index contributed by atoms with van der Waals surface area (Å²) < 4.78 is 21.0. The van der Waals surface area contributed by atoms with Gasteiger partial charge in [-0.3, -0.25) is 0 Å². The minimum Gasteiger partial charge on any atom is -0.455 e. The van der Waals surface area contributed by atoms with E-state index in [2.05, 4.69) is 289 Å². The van der Waals surface area contributed by atoms with E-state index in [1.807, 2.05) is 133 Å². The van der Waals surface area contributed by atoms with Crippen molar-refractivity contribution in [3.05, 3.63) is 417 Å². The molecule has 0 amide bonds. The van der Waals surface area contributed by atoms with Crippen LogP contribution < -0.4 is 0 Å². The summed E-state index contributed by atoms with van der Waals surface area (Å²) in [7, 11) is 0. The van der Waals surface area contributed by atoms with E-state index < -0.39 is 0 Å². The molecule has 0 unspecified atom stereocenters. The summed E-state index contributed by atoms with van der Waals surface area (Å²) in [6.45, 7) is 9.35. The molecule has 0 bridgehead atoms. The second-order valence-electron chi connectivity index (χ2n) is 35.7. The second-order valence-corrected chi connectivity index (χ2v) is 35.7. The number of rotatable bonds is 14. The Morgan fingerprint density at radius 3 is 0.962 bits per heavy atom. The minimum atomic E-state index is -0.311. The monoisotopic (exact) mass is 1700 g/mol. The number of aromatic nitrogens is 9. The molecule has 0 spiro atoms. The van der Waals surface area contributed by atoms with E-state index in [4.69, 9.17) is 58.1 Å². The van der Waals surface area contributed by atoms with Crippen LogP contribution in [-0.4, -0.2) is 44.9 Å². The predicted molar refractivity (Wildman–Crippen MR) is 537 cm³/mol. The van der Waals surface area contributed by atoms with Gasteiger partial charge >= 0.3 is 0 Å². The minimum absolute atomic E-state index is 0.139. The number of benzene rings is 18. The average Bonchev–Trinajstić information content (AvgIpc) is 1.51. The van der Waals surface area contributed by atoms with Crippen molar-refractivity contribution in [2.45, 2.75) is 38.5 Å². The van der Waals surface area contributed by atoms with E-state index in [9.17, 15) is 0 Å². The van der Waals surface area contributed by atoms with Crippen LogP contribution in [0.1, 0.15) is 49.9 Å². The molecule has 133 heavy (non-hydrogen) atoms. The van der Waals surface area contributed by atoms with Gasteiger partial charge in [-0.2, -0.15) is 0 Å². The van der Waals surface area contributed by atoms with Crippen molar-refractivity contribution in [3.8, 4) is 180 Å². The lowest BCUT2D eigenvalue weighted by molar-refractivity contribution is 0.660. The third-order valence-corrected chi connectivity index (χ3v) is 27.4. The normalized spacial score (nSPS) is 12.9. The number of fused-ring (bicyclic) bond motifs is 16. The van der Waals surface area contributed by atoms with E-state index in [1.165, 1.54) is 50.1 Å². The molecule has 0 saturated carbocycles. The zero-order chi connectivity index (χ0) is 88.3. The van der Waals surface area contributed by atoms with Crippen LogP contribution in [0.25, 0.3) is 257 Å². The number of hydrogen-bond donors (Lipinski definition) is 0. The van der Waals surface area contributed by atoms with Crippen molar-refractivity contribution in [2.75, 3.05) is 0 Å². The number of nitrogens with zero attached hydrogens (tertiary/aromatic N) is 9. The zero-order valence-corrected chi connectivity index (χ0v) is 72.8. The molecular weight excluding hydrogens is 1630 g/mol. The summed E-state index contributed by atoms with van der Waals surface area (Å²) in [5, 5.41) is 8.25. The van der Waals surface area contributed by atoms with E-state index in [1.54, 1.807) is 0 Å². The number of hydrogen-bond acceptors (Lipinski definition) is 12. The molecule has 26 rings (SSSR count). The molecule has 12 nitrogen and oxygen atoms in total. The van der Waals surface area contributed by atoms with E-state index in [-0.39, 0.29) is 10.8 Å². The first kappa shape index (κ1) is 76.8. The van der Waals surface area contributed by atoms with Crippen molar-refractivity contribution in [1.82, 2.24) is 44.9 Å². The largest absolute Gasteiger partial charge is 0.455 e. The van der Waals surface area contributed by atoms with E-state index in [0.717, 1.165) is 166 Å². The Morgan fingerprint density at radius 2 is 0.474 bits per heavy atom. The topological polar surface area (TPSA) is 155 Å². The highest BCUT2D eigenvalue weighted by Gasteiger charge is 2.39. The Balaban J connectivity index is 0.503. The van der Waals surface area contributed by atoms with Crippen LogP contribution in [0.15, 0.2) is 408 Å². The molecule has 24 aromatic rings. The van der Waals surface area contributed by atoms with Gasteiger partial charge in [-0.1, -0.05) is 373 Å². The predicted octanol–water partition coefficient (Wildman–Crippen LogP) is 31.0. The Labute approximate surface area is 765 Å². The first-order chi connectivity index (χ1) is 65.4. The highest BCUT2D eigenvalue weighted by atomic mass is 16.3. The summed E-state index contributed by atoms with van der Waals surface area (Å²) in [5.41, 5.74) is 32.8. The summed E-state index contributed by atoms with van der Waals surface area (Å²) in [6.07, 6.45) is 0. The molecule has 12 heteroatoms. The molecular formula is C121H77N9O3. The third kappa shape index (κ3) is 12.5. The fraction of sp³-hybridized carbons (Fsp3) is 0.0496. The SMILES string of the molecule is CC1(C)c2ccc(-c3ccc(-c4nc(-c5ccccc5)nc(-c5cccc6c5oc5cccc(-c7cccc8c7-c7ccccc7C8(C)C)c56)n4)cc3)cc2-c2ccc(-c3cccc4oc5c(-c6nc(-c7ccccc7)nc(-c7ccc(-c8ccc(-c9cccc%10oc%11c(-c%12nc(-c%13ccccc%13)nc(-c%13ccccc%13)n%12)cccc%11c9%10)c9ccccc89)cc7)n6)cccc5c34)cc21. The summed E-state index contributed by atoms with van der Waals surface area (Å²) >= 11 is 0. The molecule has 0 N–H and O–H groups in total. The lowest BCUT2D eigenvalue weighted by Crippen LogP contribution is -2.15. The lowest BCUT2D eigenvalue weighted by Gasteiger charge is -2.22. The molecule has 18 aromatic carbocycles. The summed E-state index contributed by atoms with van der Waals surface area (Å²) in [4.78, 5) is 46.8. The van der Waals surface area contributed by atoms with Gasteiger partial charge in [-0.25, -0.2) is 44.9 Å². The smallest absolute Gasteiger partial charge is 0.167 e. The third-order valence-electron chi connectivity index (χ3n) is 27.4. The maximum atomic E-state index is 7.07. The van der Waals surface area contributed by atoms with E-state index in [0.29, 0.717) is 63.6 Å². The van der Waals surface area contributed by atoms with E-state index >= 15 is 0 Å². The molecule has 0 saturated heterocycles. The van der Waals surface area contributed by atoms with Gasteiger partial charge in [0.05, 0.1) is 16.7 Å². The molecule has 0 fully saturated rings. The molecule has 2 aliphatic carbocycles. The average molecular weight is 1710 g/mol. The zero-order valence-electron chi connectivity index (χ0n) is 72.8. The Bertz CT molecular complexity index is 8870. The van der Waals surface area contributed by atoms with Crippen molar-refractivity contribution in [1.29, 1.82) is 0 Å². The quantitative estimate of drug-likeness (QED) is 0.102. The van der Waals surface area contributed by atoms with Crippen LogP contribution in [0, 0.1) is 0 Å². The highest BCUT2D eigenvalue weighted by molar-refractivity contribution is 6.20. The van der Waals surface area contributed by atoms with Gasteiger partial charge in [-0.15, -0.1) is 0 Å². The maximum absolute atomic E-state index is 7.07. The van der Waals surface area contributed by atoms with Crippen LogP contribution in [0.3, 0.4) is 0 Å². The molecule has 2 aliphatic rings. The Hall–Kier alpha value is -17.4. The lowest BCUT2D eigenvalue weighted by atomic mass is 9.81. The molecule has 0 radical (unpaired) electrons. The molecule has 0 atom stereocenters. The van der Waals surface area contributed by atoms with Crippen LogP contribution in [0.2, 0.25) is 0 Å². The van der Waals surface area contributed by atoms with Gasteiger partial charge in [0.15, 0.2) is 52.4 Å². The van der Waals surface area contributed by atoms with Gasteiger partial charge in [0.1, 0.15) is 33.5 Å². The van der Waals surface area contributed by atoms with Gasteiger partial charge < -0.3 is 13.3 Å². The maximum Gasteiger partial charge on any atom is 0.167 e. The molecule has 624 valence electrons. The van der Waals surface area contributed by atoms with Gasteiger partial charge in [-0.05, 0) is 159 Å². The first-order valence-corrected chi connectivity index (χ1v) is 45.0. The van der Waals surface area contributed by atoms with Crippen molar-refractivity contribution < 1.29 is 13.3 Å². The van der Waals surface area contributed by atoms with Gasteiger partial charge in [0.2, 0.25) is 0 Å². The summed E-state index contributed by atoms with van der Waals surface area (Å²) in [6, 6.07) is 138. The molecule has 0 aliphatic heterocycles. The fourth-order valence-electron chi connectivity index (χ4n) is 20.8. The van der Waals surface area contributed by atoms with Crippen molar-refractivity contribution in [2.24, 2.45) is 0 Å². The van der Waals surface area contributed by atoms with Gasteiger partial charge in [0.25, 0.3) is 0 Å². The second kappa shape index (κ2) is 30.1. The molecule has 6 heterocycles. The van der Waals surface area contributed by atoms with Crippen LogP contribution in [0.4, 0.5) is 0 Å². The van der Waals surface area contributed by atoms with Crippen LogP contribution in [0.5, 0.6) is 0 Å². The number of para-hydroxylation sites is 3. The van der Waals surface area contributed by atoms with Crippen LogP contribution in [-0.2, 0) is 10.8 Å². The Kier molecular flexibility index (Phi) is 17.4. The first-order valence-electron chi connectivity index (χ1n) is 45.0. The standard InChI is InChI=1S/C121H77N9O3/c1-120(2)97-49-20-19-38-89(97)104-87(40-24-50-99(104)120)88-42-27-53-103-107(88)92-45-23-48-95(110(92)133-103)119-128-113(74-32-13-7-14-33-74)123-115(129-119)76-58-54-70(55-59-76)78-63-67-98-96(68-78)85-64-62-79(69-100(85)121(98,3)4)81-39-25-51-101-105(81)90-43-21-46-93(108(90)131-101)118-127-114(75-34-15-8-16-35-75)124-116(130-118)77-60-56-71(57-61-77)80-65-66-84(83-37-18-17-36-82(80)83)86-41-26-52-102-106(86)91-44-22-47-94(109(91)132-102)117-125-111(72-28-9-5-10-29-72)122-112(126-117)73-30-11-6-12-31-73/h5-69H,1-4H3. The fourth-order valence-corrected chi connectivity index (χ4v) is 20.8. The summed E-state index contributed by atoms with van der Waals surface area (Å²) in [5.74, 6) is 4.98. The molecule has 6 aromatic heterocycles. The van der Waals surface area contributed by atoms with Crippen LogP contribution >= 0.6 is 0 Å². The Morgan fingerprint density at radius 1 is 0.165 bits per heavy atom. The highest BCUT2D eigenvalue weighted by Crippen LogP contribution is 2.56.